The molecular formula is C11H19NOS. The minimum Gasteiger partial charge on any atom is -0.298 e. The van der Waals surface area contributed by atoms with Crippen molar-refractivity contribution < 1.29 is 4.79 Å². The Bertz CT molecular complexity index is 223. The molecule has 3 heteroatoms. The van der Waals surface area contributed by atoms with Crippen molar-refractivity contribution in [2.24, 2.45) is 0 Å². The average Bonchev–Trinajstić information content (AvgIpc) is 2.49. The molecule has 0 aromatic heterocycles. The molecule has 0 aromatic rings. The van der Waals surface area contributed by atoms with E-state index in [4.69, 9.17) is 0 Å². The number of rotatable bonds is 2. The van der Waals surface area contributed by atoms with Crippen LogP contribution in [0.4, 0.5) is 0 Å². The van der Waals surface area contributed by atoms with Crippen molar-refractivity contribution in [1.82, 2.24) is 4.90 Å². The molecule has 2 aliphatic heterocycles. The quantitative estimate of drug-likeness (QED) is 0.699. The molecule has 0 atom stereocenters. The van der Waals surface area contributed by atoms with Gasteiger partial charge in [0.25, 0.3) is 0 Å². The van der Waals surface area contributed by atoms with Gasteiger partial charge in [0, 0.05) is 13.0 Å². The number of Topliss-reactive ketones (excluding diaryl/α,β-unsaturated/α-hetero) is 1. The van der Waals surface area contributed by atoms with Crippen LogP contribution in [-0.4, -0.2) is 40.8 Å². The Kier molecular flexibility index (Phi) is 3.17. The maximum Gasteiger partial charge on any atom is 0.154 e. The van der Waals surface area contributed by atoms with E-state index in [1.54, 1.807) is 0 Å². The summed E-state index contributed by atoms with van der Waals surface area (Å²) < 4.78 is 0. The van der Waals surface area contributed by atoms with Gasteiger partial charge in [0.2, 0.25) is 0 Å². The van der Waals surface area contributed by atoms with Gasteiger partial charge in [-0.1, -0.05) is 6.92 Å². The zero-order valence-corrected chi connectivity index (χ0v) is 9.74. The Labute approximate surface area is 90.4 Å². The Morgan fingerprint density at radius 3 is 2.79 bits per heavy atom. The lowest BCUT2D eigenvalue weighted by Crippen LogP contribution is -2.51. The maximum absolute atomic E-state index is 12.0. The molecule has 0 bridgehead atoms. The van der Waals surface area contributed by atoms with Gasteiger partial charge in [-0.05, 0) is 37.3 Å². The summed E-state index contributed by atoms with van der Waals surface area (Å²) in [7, 11) is 0. The van der Waals surface area contributed by atoms with Crippen molar-refractivity contribution in [3.05, 3.63) is 0 Å². The van der Waals surface area contributed by atoms with E-state index in [0.29, 0.717) is 5.78 Å². The lowest BCUT2D eigenvalue weighted by atomic mass is 9.88. The van der Waals surface area contributed by atoms with E-state index in [1.165, 1.54) is 17.9 Å². The molecule has 14 heavy (non-hydrogen) atoms. The van der Waals surface area contributed by atoms with Gasteiger partial charge in [-0.3, -0.25) is 9.69 Å². The first kappa shape index (κ1) is 10.5. The van der Waals surface area contributed by atoms with Crippen LogP contribution in [0.3, 0.4) is 0 Å². The van der Waals surface area contributed by atoms with Crippen LogP contribution in [0.25, 0.3) is 0 Å². The lowest BCUT2D eigenvalue weighted by Gasteiger charge is -2.39. The molecule has 2 fully saturated rings. The average molecular weight is 213 g/mol. The minimum atomic E-state index is -0.0265. The number of thioether (sulfide) groups is 1. The standard InChI is InChI=1S/C11H19NOS/c1-2-6-12-7-3-10(13)11(12)4-8-14-9-5-11/h2-9H2,1H3. The summed E-state index contributed by atoms with van der Waals surface area (Å²) in [5, 5.41) is 0. The number of likely N-dealkylation sites (tertiary alicyclic amines) is 1. The Balaban J connectivity index is 2.13. The van der Waals surface area contributed by atoms with E-state index in [2.05, 4.69) is 11.8 Å². The van der Waals surface area contributed by atoms with Crippen molar-refractivity contribution >= 4 is 17.5 Å². The smallest absolute Gasteiger partial charge is 0.154 e. The second kappa shape index (κ2) is 4.23. The van der Waals surface area contributed by atoms with Gasteiger partial charge >= 0.3 is 0 Å². The van der Waals surface area contributed by atoms with Gasteiger partial charge in [0.15, 0.2) is 5.78 Å². The monoisotopic (exact) mass is 213 g/mol. The summed E-state index contributed by atoms with van der Waals surface area (Å²) in [6, 6.07) is 0. The molecule has 2 saturated heterocycles. The van der Waals surface area contributed by atoms with E-state index < -0.39 is 0 Å². The third-order valence-electron chi connectivity index (χ3n) is 3.55. The minimum absolute atomic E-state index is 0.0265. The topological polar surface area (TPSA) is 20.3 Å². The molecule has 2 rings (SSSR count). The highest BCUT2D eigenvalue weighted by Crippen LogP contribution is 2.38. The zero-order valence-electron chi connectivity index (χ0n) is 8.92. The molecule has 2 nitrogen and oxygen atoms in total. The fourth-order valence-corrected chi connectivity index (χ4v) is 3.93. The Morgan fingerprint density at radius 1 is 1.43 bits per heavy atom. The molecule has 2 heterocycles. The second-order valence-electron chi connectivity index (χ2n) is 4.30. The highest BCUT2D eigenvalue weighted by atomic mass is 32.2. The number of carbonyl (C=O) groups is 1. The maximum atomic E-state index is 12.0. The molecule has 2 aliphatic rings. The molecular weight excluding hydrogens is 194 g/mol. The van der Waals surface area contributed by atoms with Gasteiger partial charge in [0.1, 0.15) is 0 Å². The summed E-state index contributed by atoms with van der Waals surface area (Å²) in [4.78, 5) is 14.4. The van der Waals surface area contributed by atoms with Crippen LogP contribution < -0.4 is 0 Å². The summed E-state index contributed by atoms with van der Waals surface area (Å²) in [6.45, 7) is 4.32. The summed E-state index contributed by atoms with van der Waals surface area (Å²) in [5.41, 5.74) is -0.0265. The normalized spacial score (nSPS) is 27.4. The second-order valence-corrected chi connectivity index (χ2v) is 5.53. The van der Waals surface area contributed by atoms with E-state index in [9.17, 15) is 4.79 Å². The number of nitrogens with zero attached hydrogens (tertiary/aromatic N) is 1. The summed E-state index contributed by atoms with van der Waals surface area (Å²) in [5.74, 6) is 2.86. The molecule has 0 aliphatic carbocycles. The van der Waals surface area contributed by atoms with Crippen molar-refractivity contribution in [1.29, 1.82) is 0 Å². The van der Waals surface area contributed by atoms with Gasteiger partial charge in [-0.2, -0.15) is 11.8 Å². The predicted octanol–water partition coefficient (Wildman–Crippen LogP) is 1.94. The summed E-state index contributed by atoms with van der Waals surface area (Å²) >= 11 is 2.00. The Morgan fingerprint density at radius 2 is 2.14 bits per heavy atom. The third-order valence-corrected chi connectivity index (χ3v) is 4.53. The SMILES string of the molecule is CCCN1CCC(=O)C12CCSCC2. The van der Waals surface area contributed by atoms with Crippen molar-refractivity contribution in [2.45, 2.75) is 38.1 Å². The lowest BCUT2D eigenvalue weighted by molar-refractivity contribution is -0.125. The van der Waals surface area contributed by atoms with E-state index in [-0.39, 0.29) is 5.54 Å². The molecule has 1 spiro atoms. The fraction of sp³-hybridized carbons (Fsp3) is 0.909. The number of ketones is 1. The zero-order chi connectivity index (χ0) is 10.0. The molecule has 0 amide bonds. The van der Waals surface area contributed by atoms with Gasteiger partial charge in [0.05, 0.1) is 5.54 Å². The van der Waals surface area contributed by atoms with E-state index in [0.717, 1.165) is 32.4 Å². The molecule has 80 valence electrons. The number of hydrogen-bond donors (Lipinski definition) is 0. The fourth-order valence-electron chi connectivity index (χ4n) is 2.76. The predicted molar refractivity (Wildman–Crippen MR) is 60.8 cm³/mol. The first-order chi connectivity index (χ1) is 6.79. The molecule has 0 saturated carbocycles. The molecule has 0 radical (unpaired) electrons. The highest BCUT2D eigenvalue weighted by Gasteiger charge is 2.47. The van der Waals surface area contributed by atoms with Crippen LogP contribution in [0.2, 0.25) is 0 Å². The first-order valence-electron chi connectivity index (χ1n) is 5.66. The van der Waals surface area contributed by atoms with Crippen LogP contribution in [0.1, 0.15) is 32.6 Å². The van der Waals surface area contributed by atoms with Crippen LogP contribution in [0, 0.1) is 0 Å². The van der Waals surface area contributed by atoms with Crippen LogP contribution in [0.15, 0.2) is 0 Å². The van der Waals surface area contributed by atoms with Gasteiger partial charge in [-0.25, -0.2) is 0 Å². The van der Waals surface area contributed by atoms with E-state index >= 15 is 0 Å². The molecule has 0 unspecified atom stereocenters. The third kappa shape index (κ3) is 1.61. The molecule has 0 N–H and O–H groups in total. The Hall–Kier alpha value is -0.0200. The van der Waals surface area contributed by atoms with Gasteiger partial charge < -0.3 is 0 Å². The number of carbonyl (C=O) groups excluding carboxylic acids is 1. The number of hydrogen-bond acceptors (Lipinski definition) is 3. The summed E-state index contributed by atoms with van der Waals surface area (Å²) in [6.07, 6.45) is 4.15. The van der Waals surface area contributed by atoms with Gasteiger partial charge in [-0.15, -0.1) is 0 Å². The van der Waals surface area contributed by atoms with Crippen LogP contribution in [0.5, 0.6) is 0 Å². The molecule has 0 aromatic carbocycles. The van der Waals surface area contributed by atoms with Crippen LogP contribution in [-0.2, 0) is 4.79 Å². The van der Waals surface area contributed by atoms with Crippen molar-refractivity contribution in [3.63, 3.8) is 0 Å². The first-order valence-corrected chi connectivity index (χ1v) is 6.81. The van der Waals surface area contributed by atoms with E-state index in [1.807, 2.05) is 11.8 Å². The highest BCUT2D eigenvalue weighted by molar-refractivity contribution is 7.99. The van der Waals surface area contributed by atoms with Crippen molar-refractivity contribution in [3.8, 4) is 0 Å². The van der Waals surface area contributed by atoms with Crippen molar-refractivity contribution in [2.75, 3.05) is 24.6 Å². The largest absolute Gasteiger partial charge is 0.298 e. The van der Waals surface area contributed by atoms with Crippen LogP contribution >= 0.6 is 11.8 Å².